The monoisotopic (exact) mass is 331 g/mol. The lowest BCUT2D eigenvalue weighted by atomic mass is 10.3. The molecule has 120 valence electrons. The van der Waals surface area contributed by atoms with Crippen LogP contribution in [0, 0.1) is 5.92 Å². The van der Waals surface area contributed by atoms with Crippen LogP contribution >= 0.6 is 11.3 Å². The normalized spacial score (nSPS) is 19.9. The quantitative estimate of drug-likeness (QED) is 0.795. The van der Waals surface area contributed by atoms with E-state index in [0.29, 0.717) is 28.4 Å². The number of aromatic nitrogens is 1. The molecule has 23 heavy (non-hydrogen) atoms. The molecule has 3 rings (SSSR count). The van der Waals surface area contributed by atoms with Crippen molar-refractivity contribution in [2.24, 2.45) is 11.7 Å². The number of nitrogens with two attached hydrogens (primary N) is 1. The van der Waals surface area contributed by atoms with E-state index in [1.54, 1.807) is 11.5 Å². The molecule has 7 heteroatoms. The van der Waals surface area contributed by atoms with Gasteiger partial charge in [-0.1, -0.05) is 6.92 Å². The number of rotatable bonds is 6. The lowest BCUT2D eigenvalue weighted by Crippen LogP contribution is -2.14. The van der Waals surface area contributed by atoms with E-state index in [-0.39, 0.29) is 12.3 Å². The smallest absolute Gasteiger partial charge is 0.250 e. The van der Waals surface area contributed by atoms with Crippen molar-refractivity contribution in [2.75, 3.05) is 5.32 Å². The fourth-order valence-corrected chi connectivity index (χ4v) is 3.02. The highest BCUT2D eigenvalue weighted by atomic mass is 32.1. The Morgan fingerprint density at radius 2 is 2.30 bits per heavy atom. The Labute approximate surface area is 137 Å². The number of carbonyl (C=O) groups is 2. The number of hydrogen-bond acceptors (Lipinski definition) is 5. The molecular weight excluding hydrogens is 314 g/mol. The third-order valence-corrected chi connectivity index (χ3v) is 4.47. The predicted octanol–water partition coefficient (Wildman–Crippen LogP) is 2.54. The molecule has 1 aliphatic rings. The number of nitrogens with zero attached hydrogens (tertiary/aromatic N) is 1. The van der Waals surface area contributed by atoms with Crippen LogP contribution in [-0.4, -0.2) is 16.8 Å². The summed E-state index contributed by atoms with van der Waals surface area (Å²) >= 11 is 1.25. The molecule has 0 aromatic carbocycles. The molecule has 1 aliphatic carbocycles. The highest BCUT2D eigenvalue weighted by molar-refractivity contribution is 7.14. The highest BCUT2D eigenvalue weighted by Gasteiger charge is 2.36. The summed E-state index contributed by atoms with van der Waals surface area (Å²) < 4.78 is 5.70. The third-order valence-electron chi connectivity index (χ3n) is 3.66. The van der Waals surface area contributed by atoms with E-state index in [9.17, 15) is 9.59 Å². The van der Waals surface area contributed by atoms with Gasteiger partial charge < -0.3 is 10.2 Å². The maximum Gasteiger partial charge on any atom is 0.250 e. The van der Waals surface area contributed by atoms with E-state index in [2.05, 4.69) is 17.2 Å². The molecular formula is C16H17N3O3S. The van der Waals surface area contributed by atoms with Gasteiger partial charge in [0.25, 0.3) is 0 Å². The van der Waals surface area contributed by atoms with Crippen LogP contribution in [0.1, 0.15) is 36.5 Å². The van der Waals surface area contributed by atoms with Crippen molar-refractivity contribution in [3.8, 4) is 0 Å². The summed E-state index contributed by atoms with van der Waals surface area (Å²) in [4.78, 5) is 26.8. The maximum absolute atomic E-state index is 11.9. The second-order valence-electron chi connectivity index (χ2n) is 5.67. The minimum atomic E-state index is -0.452. The topological polar surface area (TPSA) is 98.2 Å². The predicted molar refractivity (Wildman–Crippen MR) is 87.9 cm³/mol. The van der Waals surface area contributed by atoms with Gasteiger partial charge in [-0.2, -0.15) is 0 Å². The summed E-state index contributed by atoms with van der Waals surface area (Å²) in [6.07, 6.45) is 4.25. The van der Waals surface area contributed by atoms with Crippen LogP contribution in [-0.2, 0) is 16.0 Å². The molecule has 2 amide bonds. The van der Waals surface area contributed by atoms with Crippen LogP contribution in [0.2, 0.25) is 0 Å². The molecule has 0 aliphatic heterocycles. The van der Waals surface area contributed by atoms with Gasteiger partial charge in [-0.25, -0.2) is 4.98 Å². The average molecular weight is 331 g/mol. The van der Waals surface area contributed by atoms with Gasteiger partial charge in [-0.05, 0) is 30.5 Å². The molecule has 2 aromatic heterocycles. The van der Waals surface area contributed by atoms with Crippen LogP contribution in [0.5, 0.6) is 0 Å². The van der Waals surface area contributed by atoms with Crippen molar-refractivity contribution in [3.63, 3.8) is 0 Å². The van der Waals surface area contributed by atoms with Crippen molar-refractivity contribution >= 4 is 34.4 Å². The summed E-state index contributed by atoms with van der Waals surface area (Å²) in [5, 5.41) is 4.77. The highest BCUT2D eigenvalue weighted by Crippen LogP contribution is 2.47. The number of amides is 2. The third kappa shape index (κ3) is 4.07. The molecule has 0 bridgehead atoms. The Kier molecular flexibility index (Phi) is 4.29. The summed E-state index contributed by atoms with van der Waals surface area (Å²) in [5.41, 5.74) is 5.65. The van der Waals surface area contributed by atoms with Crippen molar-refractivity contribution in [1.82, 2.24) is 4.98 Å². The van der Waals surface area contributed by atoms with Gasteiger partial charge >= 0.3 is 0 Å². The molecule has 1 saturated carbocycles. The molecule has 2 aromatic rings. The van der Waals surface area contributed by atoms with E-state index >= 15 is 0 Å². The summed E-state index contributed by atoms with van der Waals surface area (Å²) in [6, 6.07) is 3.82. The van der Waals surface area contributed by atoms with E-state index in [4.69, 9.17) is 10.2 Å². The molecule has 6 nitrogen and oxygen atoms in total. The molecule has 2 atom stereocenters. The van der Waals surface area contributed by atoms with Gasteiger partial charge in [0.2, 0.25) is 11.8 Å². The van der Waals surface area contributed by atoms with Crippen LogP contribution in [0.25, 0.3) is 6.08 Å². The number of primary amides is 1. The lowest BCUT2D eigenvalue weighted by molar-refractivity contribution is -0.117. The summed E-state index contributed by atoms with van der Waals surface area (Å²) in [5.74, 6) is 2.08. The minimum Gasteiger partial charge on any atom is -0.461 e. The second kappa shape index (κ2) is 6.37. The fourth-order valence-electron chi connectivity index (χ4n) is 2.30. The first-order chi connectivity index (χ1) is 11.0. The Morgan fingerprint density at radius 1 is 1.52 bits per heavy atom. The standard InChI is InChI=1S/C16H17N3O3S/c1-9-6-12(9)13-4-2-11(22-13)3-5-15(21)19-16-18-10(8-23-16)7-14(17)20/h2-5,8-9,12H,6-7H2,1H3,(H2,17,20)(H,18,19,21)/b5-3+/t9-,12-/m1/s1. The number of anilines is 1. The summed E-state index contributed by atoms with van der Waals surface area (Å²) in [7, 11) is 0. The summed E-state index contributed by atoms with van der Waals surface area (Å²) in [6.45, 7) is 2.19. The first kappa shape index (κ1) is 15.5. The second-order valence-corrected chi connectivity index (χ2v) is 6.53. The van der Waals surface area contributed by atoms with Gasteiger partial charge in [0.15, 0.2) is 5.13 Å². The van der Waals surface area contributed by atoms with Gasteiger partial charge in [0.1, 0.15) is 11.5 Å². The number of hydrogen-bond donors (Lipinski definition) is 2. The largest absolute Gasteiger partial charge is 0.461 e. The number of furan rings is 1. The number of carbonyl (C=O) groups excluding carboxylic acids is 2. The average Bonchev–Trinajstić information content (AvgIpc) is 2.90. The molecule has 0 saturated heterocycles. The molecule has 2 heterocycles. The van der Waals surface area contributed by atoms with Gasteiger partial charge in [-0.15, -0.1) is 11.3 Å². The SMILES string of the molecule is C[C@@H]1C[C@H]1c1ccc(/C=C/C(=O)Nc2nc(CC(N)=O)cs2)o1. The Balaban J connectivity index is 1.55. The molecule has 3 N–H and O–H groups in total. The molecule has 0 spiro atoms. The van der Waals surface area contributed by atoms with E-state index in [0.717, 1.165) is 12.2 Å². The van der Waals surface area contributed by atoms with Crippen LogP contribution in [0.3, 0.4) is 0 Å². The first-order valence-electron chi connectivity index (χ1n) is 7.33. The zero-order valence-corrected chi connectivity index (χ0v) is 13.4. The number of nitrogens with one attached hydrogen (secondary N) is 1. The van der Waals surface area contributed by atoms with Crippen LogP contribution in [0.4, 0.5) is 5.13 Å². The molecule has 0 radical (unpaired) electrons. The van der Waals surface area contributed by atoms with Gasteiger partial charge in [0, 0.05) is 17.4 Å². The number of thiazole rings is 1. The van der Waals surface area contributed by atoms with Crippen molar-refractivity contribution in [2.45, 2.75) is 25.7 Å². The lowest BCUT2D eigenvalue weighted by Gasteiger charge is -1.95. The Hall–Kier alpha value is -2.41. The Morgan fingerprint density at radius 3 is 3.00 bits per heavy atom. The van der Waals surface area contributed by atoms with Gasteiger partial charge in [0.05, 0.1) is 12.1 Å². The van der Waals surface area contributed by atoms with Gasteiger partial charge in [-0.3, -0.25) is 14.9 Å². The van der Waals surface area contributed by atoms with Crippen LogP contribution in [0.15, 0.2) is 28.0 Å². The maximum atomic E-state index is 11.9. The van der Waals surface area contributed by atoms with Crippen molar-refractivity contribution in [1.29, 1.82) is 0 Å². The molecule has 1 fully saturated rings. The zero-order valence-electron chi connectivity index (χ0n) is 12.6. The van der Waals surface area contributed by atoms with Crippen LogP contribution < -0.4 is 11.1 Å². The fraction of sp³-hybridized carbons (Fsp3) is 0.312. The molecule has 0 unspecified atom stereocenters. The van der Waals surface area contributed by atoms with E-state index in [1.165, 1.54) is 17.4 Å². The van der Waals surface area contributed by atoms with Crippen molar-refractivity contribution in [3.05, 3.63) is 40.8 Å². The van der Waals surface area contributed by atoms with E-state index < -0.39 is 5.91 Å². The van der Waals surface area contributed by atoms with E-state index in [1.807, 2.05) is 12.1 Å². The first-order valence-corrected chi connectivity index (χ1v) is 8.20. The minimum absolute atomic E-state index is 0.0664. The zero-order chi connectivity index (χ0) is 16.4. The van der Waals surface area contributed by atoms with Crippen molar-refractivity contribution < 1.29 is 14.0 Å². The Bertz CT molecular complexity index is 762.